The third-order valence-corrected chi connectivity index (χ3v) is 3.79. The summed E-state index contributed by atoms with van der Waals surface area (Å²) >= 11 is 6.40. The molecule has 0 spiro atoms. The zero-order valence-electron chi connectivity index (χ0n) is 11.6. The van der Waals surface area contributed by atoms with Crippen LogP contribution in [0.15, 0.2) is 21.0 Å². The van der Waals surface area contributed by atoms with E-state index in [9.17, 15) is 5.11 Å². The second-order valence-electron chi connectivity index (χ2n) is 5.00. The first kappa shape index (κ1) is 13.5. The number of aliphatic hydroxyl groups excluding tert-OH is 1. The number of hydrogen-bond acceptors (Lipinski definition) is 4. The van der Waals surface area contributed by atoms with E-state index >= 15 is 0 Å². The largest absolute Gasteiger partial charge is 0.461 e. The lowest BCUT2D eigenvalue weighted by molar-refractivity contribution is 0.179. The molecular formula is C15H16ClNO3. The summed E-state index contributed by atoms with van der Waals surface area (Å²) in [7, 11) is 1.79. The average Bonchev–Trinajstić information content (AvgIpc) is 2.93. The van der Waals surface area contributed by atoms with E-state index in [1.807, 2.05) is 26.0 Å². The Bertz CT molecular complexity index is 730. The lowest BCUT2D eigenvalue weighted by Crippen LogP contribution is -2.17. The number of likely N-dealkylation sites (N-methyl/N-ethyl adjacent to an activating group) is 1. The molecular weight excluding hydrogens is 278 g/mol. The molecule has 3 aromatic rings. The van der Waals surface area contributed by atoms with Crippen LogP contribution < -0.4 is 5.32 Å². The minimum absolute atomic E-state index is 0.426. The van der Waals surface area contributed by atoms with Gasteiger partial charge in [0.25, 0.3) is 0 Å². The second kappa shape index (κ2) is 4.81. The Labute approximate surface area is 121 Å². The van der Waals surface area contributed by atoms with Crippen LogP contribution in [0.4, 0.5) is 0 Å². The molecule has 0 aliphatic carbocycles. The van der Waals surface area contributed by atoms with Gasteiger partial charge in [-0.15, -0.1) is 0 Å². The first-order valence-corrected chi connectivity index (χ1v) is 6.85. The molecule has 2 heterocycles. The van der Waals surface area contributed by atoms with Crippen LogP contribution >= 0.6 is 11.6 Å². The number of rotatable bonds is 3. The summed E-state index contributed by atoms with van der Waals surface area (Å²) in [4.78, 5) is 0. The summed E-state index contributed by atoms with van der Waals surface area (Å²) < 4.78 is 11.4. The zero-order chi connectivity index (χ0) is 14.4. The predicted octanol–water partition coefficient (Wildman–Crippen LogP) is 3.70. The molecule has 1 atom stereocenters. The van der Waals surface area contributed by atoms with Crippen LogP contribution in [0, 0.1) is 13.8 Å². The van der Waals surface area contributed by atoms with Crippen molar-refractivity contribution in [3.8, 4) is 0 Å². The maximum atomic E-state index is 10.4. The molecule has 2 aromatic heterocycles. The highest BCUT2D eigenvalue weighted by atomic mass is 35.5. The number of fused-ring (bicyclic) bond motifs is 2. The molecule has 0 saturated carbocycles. The predicted molar refractivity (Wildman–Crippen MR) is 79.4 cm³/mol. The van der Waals surface area contributed by atoms with E-state index < -0.39 is 6.10 Å². The van der Waals surface area contributed by atoms with E-state index in [0.717, 1.165) is 27.9 Å². The maximum absolute atomic E-state index is 10.4. The molecule has 2 N–H and O–H groups in total. The molecule has 0 bridgehead atoms. The number of aliphatic hydroxyl groups is 1. The van der Waals surface area contributed by atoms with Crippen molar-refractivity contribution in [2.75, 3.05) is 13.6 Å². The van der Waals surface area contributed by atoms with Crippen LogP contribution in [0.5, 0.6) is 0 Å². The first-order valence-electron chi connectivity index (χ1n) is 6.47. The Balaban J connectivity index is 2.44. The molecule has 0 aliphatic heterocycles. The zero-order valence-corrected chi connectivity index (χ0v) is 12.3. The Kier molecular flexibility index (Phi) is 3.24. The molecule has 5 heteroatoms. The Hall–Kier alpha value is -1.49. The SMILES string of the molecule is CNCC(O)c1c2cc(C)oc2c(Cl)c2cc(C)oc12. The van der Waals surface area contributed by atoms with E-state index in [-0.39, 0.29) is 0 Å². The van der Waals surface area contributed by atoms with Gasteiger partial charge in [0.2, 0.25) is 0 Å². The van der Waals surface area contributed by atoms with Crippen molar-refractivity contribution in [2.24, 2.45) is 0 Å². The number of hydrogen-bond donors (Lipinski definition) is 2. The number of benzene rings is 1. The van der Waals surface area contributed by atoms with Crippen molar-refractivity contribution in [3.05, 3.63) is 34.2 Å². The molecule has 0 saturated heterocycles. The number of nitrogens with one attached hydrogen (secondary N) is 1. The van der Waals surface area contributed by atoms with Crippen LogP contribution in [-0.4, -0.2) is 18.7 Å². The molecule has 20 heavy (non-hydrogen) atoms. The van der Waals surface area contributed by atoms with Crippen LogP contribution in [0.3, 0.4) is 0 Å². The highest BCUT2D eigenvalue weighted by molar-refractivity contribution is 6.40. The fourth-order valence-corrected chi connectivity index (χ4v) is 2.91. The van der Waals surface area contributed by atoms with E-state index in [0.29, 0.717) is 22.7 Å². The summed E-state index contributed by atoms with van der Waals surface area (Å²) in [6.07, 6.45) is -0.690. The van der Waals surface area contributed by atoms with Gasteiger partial charge in [-0.1, -0.05) is 11.6 Å². The second-order valence-corrected chi connectivity index (χ2v) is 5.38. The Morgan fingerprint density at radius 3 is 2.40 bits per heavy atom. The van der Waals surface area contributed by atoms with Gasteiger partial charge >= 0.3 is 0 Å². The van der Waals surface area contributed by atoms with Crippen molar-refractivity contribution in [1.29, 1.82) is 0 Å². The third-order valence-electron chi connectivity index (χ3n) is 3.41. The maximum Gasteiger partial charge on any atom is 0.154 e. The van der Waals surface area contributed by atoms with Crippen LogP contribution in [0.1, 0.15) is 23.2 Å². The Morgan fingerprint density at radius 1 is 1.15 bits per heavy atom. The van der Waals surface area contributed by atoms with Crippen LogP contribution in [0.2, 0.25) is 5.02 Å². The highest BCUT2D eigenvalue weighted by Gasteiger charge is 2.23. The molecule has 1 unspecified atom stereocenters. The van der Waals surface area contributed by atoms with Crippen molar-refractivity contribution in [2.45, 2.75) is 20.0 Å². The molecule has 0 fully saturated rings. The van der Waals surface area contributed by atoms with E-state index in [1.165, 1.54) is 0 Å². The van der Waals surface area contributed by atoms with E-state index in [1.54, 1.807) is 7.05 Å². The van der Waals surface area contributed by atoms with Gasteiger partial charge in [-0.05, 0) is 33.0 Å². The third kappa shape index (κ3) is 1.92. The van der Waals surface area contributed by atoms with Gasteiger partial charge in [-0.2, -0.15) is 0 Å². The van der Waals surface area contributed by atoms with Crippen molar-refractivity contribution in [1.82, 2.24) is 5.32 Å². The van der Waals surface area contributed by atoms with Gasteiger partial charge in [0.05, 0.1) is 11.1 Å². The molecule has 0 radical (unpaired) electrons. The minimum Gasteiger partial charge on any atom is -0.461 e. The number of halogens is 1. The van der Waals surface area contributed by atoms with Crippen LogP contribution in [-0.2, 0) is 0 Å². The van der Waals surface area contributed by atoms with Crippen LogP contribution in [0.25, 0.3) is 21.9 Å². The summed E-state index contributed by atoms with van der Waals surface area (Å²) in [5, 5.41) is 15.5. The summed E-state index contributed by atoms with van der Waals surface area (Å²) in [5.41, 5.74) is 1.95. The van der Waals surface area contributed by atoms with Gasteiger partial charge in [0, 0.05) is 22.9 Å². The van der Waals surface area contributed by atoms with Crippen molar-refractivity contribution < 1.29 is 13.9 Å². The van der Waals surface area contributed by atoms with Gasteiger partial charge in [-0.3, -0.25) is 0 Å². The number of aryl methyl sites for hydroxylation is 2. The lowest BCUT2D eigenvalue weighted by Gasteiger charge is -2.12. The van der Waals surface area contributed by atoms with Crippen molar-refractivity contribution in [3.63, 3.8) is 0 Å². The summed E-state index contributed by atoms with van der Waals surface area (Å²) in [5.74, 6) is 1.51. The lowest BCUT2D eigenvalue weighted by atomic mass is 10.0. The monoisotopic (exact) mass is 293 g/mol. The fraction of sp³-hybridized carbons (Fsp3) is 0.333. The molecule has 4 nitrogen and oxygen atoms in total. The number of furan rings is 2. The highest BCUT2D eigenvalue weighted by Crippen LogP contribution is 2.41. The molecule has 1 aromatic carbocycles. The Morgan fingerprint density at radius 2 is 1.75 bits per heavy atom. The quantitative estimate of drug-likeness (QED) is 0.773. The smallest absolute Gasteiger partial charge is 0.154 e. The average molecular weight is 294 g/mol. The van der Waals surface area contributed by atoms with Gasteiger partial charge in [0.1, 0.15) is 17.1 Å². The summed E-state index contributed by atoms with van der Waals surface area (Å²) in [6, 6.07) is 3.75. The van der Waals surface area contributed by atoms with Gasteiger partial charge in [0.15, 0.2) is 5.58 Å². The van der Waals surface area contributed by atoms with E-state index in [2.05, 4.69) is 5.32 Å². The van der Waals surface area contributed by atoms with Crippen molar-refractivity contribution >= 4 is 33.5 Å². The standard InChI is InChI=1S/C15H16ClNO3/c1-7-4-9-12(11(18)6-17-3)14-10(5-8(2)19-14)13(16)15(9)20-7/h4-5,11,17-18H,6H2,1-3H3. The van der Waals surface area contributed by atoms with Gasteiger partial charge < -0.3 is 19.3 Å². The normalized spacial score (nSPS) is 13.4. The fourth-order valence-electron chi connectivity index (χ4n) is 2.63. The molecule has 106 valence electrons. The molecule has 3 rings (SSSR count). The topological polar surface area (TPSA) is 58.5 Å². The first-order chi connectivity index (χ1) is 9.52. The molecule has 0 amide bonds. The van der Waals surface area contributed by atoms with Gasteiger partial charge in [-0.25, -0.2) is 0 Å². The minimum atomic E-state index is -0.690. The van der Waals surface area contributed by atoms with E-state index in [4.69, 9.17) is 20.4 Å². The summed E-state index contributed by atoms with van der Waals surface area (Å²) in [6.45, 7) is 4.14. The molecule has 0 aliphatic rings.